The molecule has 1 atom stereocenters. The van der Waals surface area contributed by atoms with E-state index in [0.29, 0.717) is 19.6 Å². The highest BCUT2D eigenvalue weighted by molar-refractivity contribution is 4.97. The predicted octanol–water partition coefficient (Wildman–Crippen LogP) is -0.568. The van der Waals surface area contributed by atoms with Crippen LogP contribution in [-0.2, 0) is 13.6 Å². The van der Waals surface area contributed by atoms with Crippen LogP contribution in [0.1, 0.15) is 5.69 Å². The number of nitrogens with zero attached hydrogens (tertiary/aromatic N) is 3. The average molecular weight is 212 g/mol. The van der Waals surface area contributed by atoms with Crippen LogP contribution >= 0.6 is 0 Å². The summed E-state index contributed by atoms with van der Waals surface area (Å²) in [5.74, 6) is 0. The summed E-state index contributed by atoms with van der Waals surface area (Å²) >= 11 is 0. The van der Waals surface area contributed by atoms with Crippen LogP contribution in [-0.4, -0.2) is 53.1 Å². The van der Waals surface area contributed by atoms with Gasteiger partial charge in [0.1, 0.15) is 0 Å². The average Bonchev–Trinajstić information content (AvgIpc) is 2.50. The predicted molar refractivity (Wildman–Crippen MR) is 59.5 cm³/mol. The van der Waals surface area contributed by atoms with E-state index in [9.17, 15) is 5.11 Å². The highest BCUT2D eigenvalue weighted by atomic mass is 16.3. The third kappa shape index (κ3) is 4.92. The number of aromatic nitrogens is 2. The van der Waals surface area contributed by atoms with Gasteiger partial charge in [-0.1, -0.05) is 0 Å². The van der Waals surface area contributed by atoms with E-state index in [4.69, 9.17) is 0 Å². The van der Waals surface area contributed by atoms with Crippen molar-refractivity contribution in [2.75, 3.05) is 27.2 Å². The van der Waals surface area contributed by atoms with E-state index in [1.807, 2.05) is 38.3 Å². The number of aryl methyl sites for hydroxylation is 1. The molecule has 5 nitrogen and oxygen atoms in total. The Hall–Kier alpha value is -0.910. The zero-order valence-electron chi connectivity index (χ0n) is 9.64. The summed E-state index contributed by atoms with van der Waals surface area (Å²) in [4.78, 5) is 1.97. The molecule has 1 aromatic rings. The van der Waals surface area contributed by atoms with Gasteiger partial charge in [0.05, 0.1) is 11.8 Å². The van der Waals surface area contributed by atoms with Crippen LogP contribution in [0.15, 0.2) is 12.3 Å². The molecular weight excluding hydrogens is 192 g/mol. The molecule has 0 saturated carbocycles. The van der Waals surface area contributed by atoms with Crippen molar-refractivity contribution in [1.29, 1.82) is 0 Å². The second kappa shape index (κ2) is 5.85. The van der Waals surface area contributed by atoms with E-state index >= 15 is 0 Å². The molecule has 0 aliphatic carbocycles. The first-order valence-corrected chi connectivity index (χ1v) is 5.10. The SMILES string of the molecule is CN(C)CC(O)CNCc1ccn(C)n1. The van der Waals surface area contributed by atoms with Crippen molar-refractivity contribution in [3.05, 3.63) is 18.0 Å². The lowest BCUT2D eigenvalue weighted by molar-refractivity contribution is 0.134. The fraction of sp³-hybridized carbons (Fsp3) is 0.700. The monoisotopic (exact) mass is 212 g/mol. The number of rotatable bonds is 6. The van der Waals surface area contributed by atoms with E-state index in [1.165, 1.54) is 0 Å². The molecule has 2 N–H and O–H groups in total. The van der Waals surface area contributed by atoms with E-state index in [1.54, 1.807) is 4.68 Å². The number of hydrogen-bond acceptors (Lipinski definition) is 4. The van der Waals surface area contributed by atoms with Crippen molar-refractivity contribution in [3.63, 3.8) is 0 Å². The fourth-order valence-electron chi connectivity index (χ4n) is 1.41. The van der Waals surface area contributed by atoms with Gasteiger partial charge in [0.2, 0.25) is 0 Å². The van der Waals surface area contributed by atoms with Gasteiger partial charge in [0.15, 0.2) is 0 Å². The molecule has 0 bridgehead atoms. The van der Waals surface area contributed by atoms with Gasteiger partial charge in [0.25, 0.3) is 0 Å². The Balaban J connectivity index is 2.16. The molecule has 0 spiro atoms. The number of likely N-dealkylation sites (N-methyl/N-ethyl adjacent to an activating group) is 1. The van der Waals surface area contributed by atoms with E-state index < -0.39 is 0 Å². The molecule has 15 heavy (non-hydrogen) atoms. The van der Waals surface area contributed by atoms with Crippen molar-refractivity contribution in [2.45, 2.75) is 12.6 Å². The number of hydrogen-bond donors (Lipinski definition) is 2. The Labute approximate surface area is 90.7 Å². The lowest BCUT2D eigenvalue weighted by Gasteiger charge is -2.15. The Morgan fingerprint density at radius 1 is 1.60 bits per heavy atom. The third-order valence-corrected chi connectivity index (χ3v) is 2.03. The minimum Gasteiger partial charge on any atom is -0.390 e. The van der Waals surface area contributed by atoms with Crippen LogP contribution in [0, 0.1) is 0 Å². The first kappa shape index (κ1) is 12.2. The summed E-state index contributed by atoms with van der Waals surface area (Å²) in [6.07, 6.45) is 1.58. The molecule has 0 fully saturated rings. The standard InChI is InChI=1S/C10H20N4O/c1-13(2)8-10(15)7-11-6-9-4-5-14(3)12-9/h4-5,10-11,15H,6-8H2,1-3H3. The minimum atomic E-state index is -0.330. The molecule has 86 valence electrons. The maximum atomic E-state index is 9.57. The van der Waals surface area contributed by atoms with Gasteiger partial charge in [-0.15, -0.1) is 0 Å². The summed E-state index contributed by atoms with van der Waals surface area (Å²) in [5.41, 5.74) is 0.995. The van der Waals surface area contributed by atoms with Crippen LogP contribution in [0.3, 0.4) is 0 Å². The lowest BCUT2D eigenvalue weighted by Crippen LogP contribution is -2.34. The molecule has 0 aromatic carbocycles. The third-order valence-electron chi connectivity index (χ3n) is 2.03. The van der Waals surface area contributed by atoms with Crippen molar-refractivity contribution < 1.29 is 5.11 Å². The molecule has 0 aliphatic heterocycles. The van der Waals surface area contributed by atoms with Gasteiger partial charge in [-0.05, 0) is 20.2 Å². The first-order valence-electron chi connectivity index (χ1n) is 5.10. The Bertz CT molecular complexity index is 285. The lowest BCUT2D eigenvalue weighted by atomic mass is 10.3. The van der Waals surface area contributed by atoms with Crippen molar-refractivity contribution in [2.24, 2.45) is 7.05 Å². The molecule has 1 heterocycles. The Morgan fingerprint density at radius 2 is 2.33 bits per heavy atom. The largest absolute Gasteiger partial charge is 0.390 e. The van der Waals surface area contributed by atoms with E-state index in [-0.39, 0.29) is 6.10 Å². The Morgan fingerprint density at radius 3 is 2.87 bits per heavy atom. The highest BCUT2D eigenvalue weighted by Gasteiger charge is 2.05. The van der Waals surface area contributed by atoms with Gasteiger partial charge >= 0.3 is 0 Å². The van der Waals surface area contributed by atoms with Crippen molar-refractivity contribution in [3.8, 4) is 0 Å². The zero-order chi connectivity index (χ0) is 11.3. The maximum absolute atomic E-state index is 9.57. The fourth-order valence-corrected chi connectivity index (χ4v) is 1.41. The second-order valence-electron chi connectivity index (χ2n) is 4.03. The molecular formula is C10H20N4O. The Kier molecular flexibility index (Phi) is 4.74. The molecule has 1 unspecified atom stereocenters. The van der Waals surface area contributed by atoms with Crippen LogP contribution in [0.5, 0.6) is 0 Å². The van der Waals surface area contributed by atoms with Crippen LogP contribution < -0.4 is 5.32 Å². The van der Waals surface area contributed by atoms with E-state index in [0.717, 1.165) is 5.69 Å². The maximum Gasteiger partial charge on any atom is 0.0791 e. The smallest absolute Gasteiger partial charge is 0.0791 e. The summed E-state index contributed by atoms with van der Waals surface area (Å²) in [5, 5.41) is 17.0. The van der Waals surface area contributed by atoms with Crippen LogP contribution in [0.2, 0.25) is 0 Å². The number of aliphatic hydroxyl groups excluding tert-OH is 1. The molecule has 1 aromatic heterocycles. The van der Waals surface area contributed by atoms with Gasteiger partial charge in [-0.2, -0.15) is 5.10 Å². The summed E-state index contributed by atoms with van der Waals surface area (Å²) in [6.45, 7) is 1.97. The van der Waals surface area contributed by atoms with Crippen LogP contribution in [0.4, 0.5) is 0 Å². The highest BCUT2D eigenvalue weighted by Crippen LogP contribution is 1.93. The van der Waals surface area contributed by atoms with Gasteiger partial charge in [-0.25, -0.2) is 0 Å². The second-order valence-corrected chi connectivity index (χ2v) is 4.03. The molecule has 5 heteroatoms. The quantitative estimate of drug-likeness (QED) is 0.663. The summed E-state index contributed by atoms with van der Waals surface area (Å²) in [6, 6.07) is 1.96. The minimum absolute atomic E-state index is 0.330. The normalized spacial score (nSPS) is 13.4. The first-order chi connectivity index (χ1) is 7.08. The number of nitrogens with one attached hydrogen (secondary N) is 1. The molecule has 0 saturated heterocycles. The number of aliphatic hydroxyl groups is 1. The zero-order valence-corrected chi connectivity index (χ0v) is 9.64. The van der Waals surface area contributed by atoms with Crippen LogP contribution in [0.25, 0.3) is 0 Å². The topological polar surface area (TPSA) is 53.3 Å². The van der Waals surface area contributed by atoms with Gasteiger partial charge in [-0.3, -0.25) is 4.68 Å². The van der Waals surface area contributed by atoms with Crippen molar-refractivity contribution in [1.82, 2.24) is 20.0 Å². The van der Waals surface area contributed by atoms with Gasteiger partial charge < -0.3 is 15.3 Å². The van der Waals surface area contributed by atoms with E-state index in [2.05, 4.69) is 10.4 Å². The van der Waals surface area contributed by atoms with Gasteiger partial charge in [0, 0.05) is 32.9 Å². The molecule has 0 aliphatic rings. The molecule has 1 rings (SSSR count). The summed E-state index contributed by atoms with van der Waals surface area (Å²) < 4.78 is 1.77. The summed E-state index contributed by atoms with van der Waals surface area (Å²) in [7, 11) is 5.79. The molecule has 0 amide bonds. The molecule has 0 radical (unpaired) electrons. The van der Waals surface area contributed by atoms with Crippen molar-refractivity contribution >= 4 is 0 Å².